The summed E-state index contributed by atoms with van der Waals surface area (Å²) >= 11 is 3.44. The molecule has 0 aliphatic heterocycles. The highest BCUT2D eigenvalue weighted by Gasteiger charge is 2.10. The maximum Gasteiger partial charge on any atom is 0.252 e. The van der Waals surface area contributed by atoms with E-state index in [9.17, 15) is 9.90 Å². The van der Waals surface area contributed by atoms with Gasteiger partial charge in [0.15, 0.2) is 0 Å². The zero-order chi connectivity index (χ0) is 15.4. The van der Waals surface area contributed by atoms with Crippen LogP contribution in [-0.2, 0) is 6.54 Å². The average Bonchev–Trinajstić information content (AvgIpc) is 2.48. The fraction of sp³-hybridized carbons (Fsp3) is 0.235. The zero-order valence-electron chi connectivity index (χ0n) is 12.1. The Kier molecular flexibility index (Phi) is 5.15. The van der Waals surface area contributed by atoms with Gasteiger partial charge in [-0.1, -0.05) is 36.4 Å². The molecule has 4 heteroatoms. The molecule has 21 heavy (non-hydrogen) atoms. The minimum atomic E-state index is -0.475. The lowest BCUT2D eigenvalue weighted by atomic mass is 10.1. The highest BCUT2D eigenvalue weighted by Crippen LogP contribution is 2.21. The van der Waals surface area contributed by atoms with E-state index in [1.807, 2.05) is 43.3 Å². The minimum Gasteiger partial charge on any atom is -0.389 e. The molecule has 0 radical (unpaired) electrons. The van der Waals surface area contributed by atoms with Crippen LogP contribution in [0.1, 0.15) is 40.1 Å². The second kappa shape index (κ2) is 6.87. The van der Waals surface area contributed by atoms with Gasteiger partial charge in [0.2, 0.25) is 0 Å². The second-order valence-corrected chi connectivity index (χ2v) is 5.83. The molecule has 0 unspecified atom stereocenters. The van der Waals surface area contributed by atoms with Crippen molar-refractivity contribution in [1.82, 2.24) is 5.32 Å². The lowest BCUT2D eigenvalue weighted by Gasteiger charge is -2.10. The Morgan fingerprint density at radius 3 is 2.52 bits per heavy atom. The molecule has 0 bridgehead atoms. The predicted molar refractivity (Wildman–Crippen MR) is 87.1 cm³/mol. The number of rotatable bonds is 4. The zero-order valence-corrected chi connectivity index (χ0v) is 13.6. The summed E-state index contributed by atoms with van der Waals surface area (Å²) in [7, 11) is 0. The normalized spacial score (nSPS) is 12.0. The van der Waals surface area contributed by atoms with Crippen molar-refractivity contribution >= 4 is 21.8 Å². The van der Waals surface area contributed by atoms with Gasteiger partial charge >= 0.3 is 0 Å². The number of halogens is 1. The summed E-state index contributed by atoms with van der Waals surface area (Å²) in [6.07, 6.45) is -0.475. The topological polar surface area (TPSA) is 49.3 Å². The van der Waals surface area contributed by atoms with Crippen LogP contribution in [0.5, 0.6) is 0 Å². The lowest BCUT2D eigenvalue weighted by molar-refractivity contribution is 0.0950. The van der Waals surface area contributed by atoms with Gasteiger partial charge in [0.1, 0.15) is 0 Å². The van der Waals surface area contributed by atoms with Crippen LogP contribution in [-0.4, -0.2) is 11.0 Å². The summed E-state index contributed by atoms with van der Waals surface area (Å²) < 4.78 is 0.826. The highest BCUT2D eigenvalue weighted by atomic mass is 79.9. The monoisotopic (exact) mass is 347 g/mol. The number of aryl methyl sites for hydroxylation is 1. The van der Waals surface area contributed by atoms with Gasteiger partial charge in [-0.05, 0) is 52.5 Å². The molecule has 2 N–H and O–H groups in total. The second-order valence-electron chi connectivity index (χ2n) is 5.04. The van der Waals surface area contributed by atoms with E-state index in [0.29, 0.717) is 12.1 Å². The highest BCUT2D eigenvalue weighted by molar-refractivity contribution is 9.10. The molecule has 1 amide bonds. The number of amides is 1. The van der Waals surface area contributed by atoms with Crippen LogP contribution in [0.25, 0.3) is 0 Å². The molecule has 0 fully saturated rings. The van der Waals surface area contributed by atoms with Crippen molar-refractivity contribution in [3.8, 4) is 0 Å². The maximum atomic E-state index is 12.2. The predicted octanol–water partition coefficient (Wildman–Crippen LogP) is 3.74. The molecule has 0 saturated heterocycles. The van der Waals surface area contributed by atoms with Crippen LogP contribution in [0.4, 0.5) is 0 Å². The molecule has 2 aromatic rings. The van der Waals surface area contributed by atoms with Crippen LogP contribution in [0, 0.1) is 6.92 Å². The summed E-state index contributed by atoms with van der Waals surface area (Å²) in [6, 6.07) is 13.2. The quantitative estimate of drug-likeness (QED) is 0.884. The molecule has 0 aliphatic rings. The van der Waals surface area contributed by atoms with Gasteiger partial charge < -0.3 is 10.4 Å². The smallest absolute Gasteiger partial charge is 0.252 e. The number of hydrogen-bond acceptors (Lipinski definition) is 2. The first-order valence-corrected chi connectivity index (χ1v) is 7.58. The van der Waals surface area contributed by atoms with Crippen LogP contribution >= 0.6 is 15.9 Å². The molecule has 2 rings (SSSR count). The number of hydrogen-bond donors (Lipinski definition) is 2. The Bertz CT molecular complexity index is 636. The Labute approximate surface area is 133 Å². The number of carbonyl (C=O) groups excluding carboxylic acids is 1. The third-order valence-corrected chi connectivity index (χ3v) is 4.40. The van der Waals surface area contributed by atoms with Crippen molar-refractivity contribution in [3.05, 3.63) is 69.2 Å². The van der Waals surface area contributed by atoms with Crippen molar-refractivity contribution in [1.29, 1.82) is 0 Å². The van der Waals surface area contributed by atoms with Crippen LogP contribution in [0.15, 0.2) is 46.9 Å². The van der Waals surface area contributed by atoms with E-state index in [0.717, 1.165) is 21.2 Å². The van der Waals surface area contributed by atoms with E-state index in [1.165, 1.54) is 0 Å². The molecule has 1 atom stereocenters. The van der Waals surface area contributed by atoms with E-state index in [4.69, 9.17) is 0 Å². The molecule has 0 spiro atoms. The molecule has 110 valence electrons. The van der Waals surface area contributed by atoms with Crippen molar-refractivity contribution in [3.63, 3.8) is 0 Å². The maximum absolute atomic E-state index is 12.2. The van der Waals surface area contributed by atoms with Crippen LogP contribution in [0.2, 0.25) is 0 Å². The van der Waals surface area contributed by atoms with Gasteiger partial charge in [-0.2, -0.15) is 0 Å². The van der Waals surface area contributed by atoms with Crippen molar-refractivity contribution in [2.75, 3.05) is 0 Å². The summed E-state index contributed by atoms with van der Waals surface area (Å²) in [5.41, 5.74) is 3.53. The summed E-state index contributed by atoms with van der Waals surface area (Å²) in [4.78, 5) is 12.2. The molecule has 0 heterocycles. The molecule has 2 aromatic carbocycles. The van der Waals surface area contributed by atoms with Crippen LogP contribution < -0.4 is 5.32 Å². The Balaban J connectivity index is 2.02. The molecule has 0 aromatic heterocycles. The van der Waals surface area contributed by atoms with Gasteiger partial charge in [0.05, 0.1) is 11.7 Å². The minimum absolute atomic E-state index is 0.106. The Hall–Kier alpha value is -1.65. The van der Waals surface area contributed by atoms with E-state index in [-0.39, 0.29) is 5.91 Å². The van der Waals surface area contributed by atoms with Gasteiger partial charge in [0.25, 0.3) is 5.91 Å². The molecule has 0 saturated carbocycles. The fourth-order valence-corrected chi connectivity index (χ4v) is 2.46. The summed E-state index contributed by atoms with van der Waals surface area (Å²) in [6.45, 7) is 4.14. The van der Waals surface area contributed by atoms with E-state index in [1.54, 1.807) is 13.0 Å². The van der Waals surface area contributed by atoms with Crippen LogP contribution in [0.3, 0.4) is 0 Å². The molecule has 0 aliphatic carbocycles. The van der Waals surface area contributed by atoms with Gasteiger partial charge in [-0.25, -0.2) is 0 Å². The van der Waals surface area contributed by atoms with Crippen molar-refractivity contribution in [2.24, 2.45) is 0 Å². The third kappa shape index (κ3) is 3.93. The fourth-order valence-electron chi connectivity index (χ4n) is 2.01. The first-order valence-electron chi connectivity index (χ1n) is 6.79. The third-order valence-electron chi connectivity index (χ3n) is 3.35. The van der Waals surface area contributed by atoms with Gasteiger partial charge in [-0.15, -0.1) is 0 Å². The van der Waals surface area contributed by atoms with Gasteiger partial charge in [-0.3, -0.25) is 4.79 Å². The van der Waals surface area contributed by atoms with Crippen molar-refractivity contribution in [2.45, 2.75) is 26.5 Å². The number of aliphatic hydroxyl groups excluding tert-OH is 1. The summed E-state index contributed by atoms with van der Waals surface area (Å²) in [5, 5.41) is 12.4. The van der Waals surface area contributed by atoms with E-state index in [2.05, 4.69) is 21.2 Å². The molecular formula is C17H18BrNO2. The molecular weight excluding hydrogens is 330 g/mol. The standard InChI is InChI=1S/C17H18BrNO2/c1-11-4-3-5-15(16(11)18)17(21)19-10-13-6-8-14(9-7-13)12(2)20/h3-9,12,20H,10H2,1-2H3,(H,19,21)/t12-/m1/s1. The van der Waals surface area contributed by atoms with Crippen molar-refractivity contribution < 1.29 is 9.90 Å². The molecule has 3 nitrogen and oxygen atoms in total. The SMILES string of the molecule is Cc1cccc(C(=O)NCc2ccc([C@@H](C)O)cc2)c1Br. The lowest BCUT2D eigenvalue weighted by Crippen LogP contribution is -2.23. The van der Waals surface area contributed by atoms with Gasteiger partial charge in [0, 0.05) is 11.0 Å². The largest absolute Gasteiger partial charge is 0.389 e. The number of nitrogens with one attached hydrogen (secondary N) is 1. The number of aliphatic hydroxyl groups is 1. The Morgan fingerprint density at radius 2 is 1.90 bits per heavy atom. The number of carbonyl (C=O) groups is 1. The first-order chi connectivity index (χ1) is 9.99. The number of benzene rings is 2. The van der Waals surface area contributed by atoms with E-state index < -0.39 is 6.10 Å². The summed E-state index contributed by atoms with van der Waals surface area (Å²) in [5.74, 6) is -0.106. The van der Waals surface area contributed by atoms with E-state index >= 15 is 0 Å². The average molecular weight is 348 g/mol. The Morgan fingerprint density at radius 1 is 1.24 bits per heavy atom. The first kappa shape index (κ1) is 15.7.